The van der Waals surface area contributed by atoms with Crippen molar-refractivity contribution in [2.45, 2.75) is 77.2 Å². The first-order valence-corrected chi connectivity index (χ1v) is 16.0. The maximum atomic E-state index is 14.5. The Morgan fingerprint density at radius 1 is 1.16 bits per heavy atom. The van der Waals surface area contributed by atoms with Crippen LogP contribution in [0.2, 0.25) is 0 Å². The molecule has 1 spiro atoms. The summed E-state index contributed by atoms with van der Waals surface area (Å²) in [6.07, 6.45) is 9.75. The van der Waals surface area contributed by atoms with Gasteiger partial charge in [0.15, 0.2) is 0 Å². The zero-order valence-electron chi connectivity index (χ0n) is 25.7. The highest BCUT2D eigenvalue weighted by atomic mass is 19.3. The molecule has 2 saturated carbocycles. The first kappa shape index (κ1) is 31.2. The third-order valence-electron chi connectivity index (χ3n) is 10.5. The van der Waals surface area contributed by atoms with Gasteiger partial charge in [-0.1, -0.05) is 6.08 Å². The van der Waals surface area contributed by atoms with Crippen LogP contribution in [0.25, 0.3) is 0 Å². The number of hydrazine groups is 1. The van der Waals surface area contributed by atoms with Gasteiger partial charge in [0.25, 0.3) is 11.8 Å². The summed E-state index contributed by atoms with van der Waals surface area (Å²) in [5, 5.41) is 0. The van der Waals surface area contributed by atoms with Crippen LogP contribution in [0.3, 0.4) is 0 Å². The van der Waals surface area contributed by atoms with E-state index < -0.39 is 23.7 Å². The zero-order valence-corrected chi connectivity index (χ0v) is 25.7. The zero-order chi connectivity index (χ0) is 31.8. The smallest absolute Gasteiger partial charge is 0.306 e. The number of anilines is 1. The number of allylic oxidation sites excluding steroid dienone is 1. The van der Waals surface area contributed by atoms with Crippen molar-refractivity contribution < 1.29 is 27.5 Å². The fourth-order valence-electron chi connectivity index (χ4n) is 7.80. The molecule has 2 aliphatic carbocycles. The quantitative estimate of drug-likeness (QED) is 0.223. The molecule has 2 aromatic rings. The molecule has 1 amide bonds. The number of aliphatic imine (C=N–C) groups is 1. The number of carbonyl (C=O) groups is 2. The van der Waals surface area contributed by atoms with Gasteiger partial charge in [0.1, 0.15) is 18.8 Å². The Labute approximate surface area is 262 Å². The van der Waals surface area contributed by atoms with E-state index >= 15 is 0 Å². The van der Waals surface area contributed by atoms with Gasteiger partial charge >= 0.3 is 5.97 Å². The lowest BCUT2D eigenvalue weighted by Gasteiger charge is -2.35. The lowest BCUT2D eigenvalue weighted by Crippen LogP contribution is -2.39. The van der Waals surface area contributed by atoms with Gasteiger partial charge in [0.2, 0.25) is 0 Å². The second-order valence-corrected chi connectivity index (χ2v) is 13.3. The fourth-order valence-corrected chi connectivity index (χ4v) is 7.80. The minimum absolute atomic E-state index is 0.0569. The van der Waals surface area contributed by atoms with Crippen molar-refractivity contribution in [3.05, 3.63) is 71.1 Å². The topological polar surface area (TPSA) is 83.0 Å². The summed E-state index contributed by atoms with van der Waals surface area (Å²) < 4.78 is 48.8. The van der Waals surface area contributed by atoms with Gasteiger partial charge in [0.05, 0.1) is 11.4 Å². The van der Waals surface area contributed by atoms with Crippen LogP contribution in [0.15, 0.2) is 48.0 Å². The molecule has 2 heterocycles. The van der Waals surface area contributed by atoms with E-state index in [1.165, 1.54) is 19.4 Å². The average molecular weight is 623 g/mol. The molecule has 1 saturated heterocycles. The van der Waals surface area contributed by atoms with E-state index in [4.69, 9.17) is 4.74 Å². The van der Waals surface area contributed by atoms with Crippen molar-refractivity contribution >= 4 is 29.6 Å². The molecule has 4 aliphatic rings. The van der Waals surface area contributed by atoms with E-state index in [0.717, 1.165) is 75.1 Å². The largest absolute Gasteiger partial charge is 0.461 e. The number of likely N-dealkylation sites (tertiary alicyclic amines) is 1. The van der Waals surface area contributed by atoms with Gasteiger partial charge in [-0.15, -0.1) is 6.58 Å². The van der Waals surface area contributed by atoms with Gasteiger partial charge in [-0.2, -0.15) is 0 Å². The molecule has 0 bridgehead atoms. The highest BCUT2D eigenvalue weighted by molar-refractivity contribution is 5.96. The number of esters is 1. The number of alkyl halides is 2. The molecule has 240 valence electrons. The molecule has 6 rings (SSSR count). The van der Waals surface area contributed by atoms with E-state index in [1.54, 1.807) is 6.34 Å². The van der Waals surface area contributed by atoms with Crippen LogP contribution in [0.5, 0.6) is 0 Å². The number of hydrogen-bond acceptors (Lipinski definition) is 6. The number of fused-ring (bicyclic) bond motifs is 1. The summed E-state index contributed by atoms with van der Waals surface area (Å²) in [6.45, 7) is 5.99. The molecule has 1 unspecified atom stereocenters. The van der Waals surface area contributed by atoms with Gasteiger partial charge in [-0.3, -0.25) is 20.4 Å². The van der Waals surface area contributed by atoms with Crippen molar-refractivity contribution in [2.75, 3.05) is 18.5 Å². The highest BCUT2D eigenvalue weighted by Crippen LogP contribution is 2.66. The third kappa shape index (κ3) is 6.60. The predicted octanol–water partition coefficient (Wildman–Crippen LogP) is 7.57. The Balaban J connectivity index is 0.941. The Hall–Kier alpha value is -3.82. The highest BCUT2D eigenvalue weighted by Gasteiger charge is 2.57. The molecule has 7 nitrogen and oxygen atoms in total. The Kier molecular flexibility index (Phi) is 8.68. The number of rotatable bonds is 9. The average Bonchev–Trinajstić information content (AvgIpc) is 3.75. The molecule has 1 atom stereocenters. The van der Waals surface area contributed by atoms with Crippen molar-refractivity contribution in [1.82, 2.24) is 10.3 Å². The number of carbonyl (C=O) groups excluding carboxylic acids is 2. The van der Waals surface area contributed by atoms with Crippen molar-refractivity contribution in [3.8, 4) is 0 Å². The Morgan fingerprint density at radius 2 is 1.91 bits per heavy atom. The monoisotopic (exact) mass is 622 g/mol. The fraction of sp³-hybridized carbons (Fsp3) is 0.514. The van der Waals surface area contributed by atoms with Crippen molar-refractivity contribution in [2.24, 2.45) is 28.2 Å². The molecule has 0 radical (unpaired) electrons. The maximum Gasteiger partial charge on any atom is 0.306 e. The van der Waals surface area contributed by atoms with Gasteiger partial charge in [0, 0.05) is 37.1 Å². The number of benzene rings is 2. The SMILES string of the molecule is C=CCC(F)(F)c1cc(COC(=O)CC2CCC3(CC2)CC3C2CCN(C(=O)c3ccc4c(c3)N=CNN4)CC2)cc(F)c1C. The van der Waals surface area contributed by atoms with Crippen LogP contribution in [0.1, 0.15) is 84.8 Å². The summed E-state index contributed by atoms with van der Waals surface area (Å²) in [6, 6.07) is 7.94. The van der Waals surface area contributed by atoms with Crippen LogP contribution < -0.4 is 10.9 Å². The van der Waals surface area contributed by atoms with E-state index in [9.17, 15) is 22.8 Å². The normalized spacial score (nSPS) is 24.4. The number of hydrogen-bond donors (Lipinski definition) is 2. The van der Waals surface area contributed by atoms with E-state index in [0.29, 0.717) is 22.8 Å². The van der Waals surface area contributed by atoms with E-state index in [1.807, 2.05) is 23.1 Å². The van der Waals surface area contributed by atoms with Crippen molar-refractivity contribution in [1.29, 1.82) is 0 Å². The van der Waals surface area contributed by atoms with Crippen LogP contribution in [0, 0.1) is 35.9 Å². The lowest BCUT2D eigenvalue weighted by atomic mass is 9.74. The predicted molar refractivity (Wildman–Crippen MR) is 167 cm³/mol. The molecule has 3 fully saturated rings. The summed E-state index contributed by atoms with van der Waals surface area (Å²) in [5.41, 5.74) is 8.19. The second kappa shape index (κ2) is 12.5. The molecule has 2 aliphatic heterocycles. The Morgan fingerprint density at radius 3 is 2.64 bits per heavy atom. The van der Waals surface area contributed by atoms with Crippen LogP contribution in [-0.2, 0) is 22.1 Å². The number of nitrogens with one attached hydrogen (secondary N) is 2. The standard InChI is InChI=1S/C35H41F3N4O3/c1-3-10-35(37,38)27-15-24(16-29(36)22(27)2)20-45-32(43)17-23-6-11-34(12-7-23)19-28(34)25-8-13-42(14-9-25)33(44)26-4-5-30-31(18-26)39-21-40-41-30/h3-5,15-16,18,21,23,25,28,41H,1,6-14,17,19-20H2,2H3,(H,39,40). The minimum Gasteiger partial charge on any atom is -0.461 e. The molecule has 45 heavy (non-hydrogen) atoms. The maximum absolute atomic E-state index is 14.5. The summed E-state index contributed by atoms with van der Waals surface area (Å²) >= 11 is 0. The van der Waals surface area contributed by atoms with Gasteiger partial charge < -0.3 is 9.64 Å². The summed E-state index contributed by atoms with van der Waals surface area (Å²) in [7, 11) is 0. The molecule has 2 aromatic carbocycles. The van der Waals surface area contributed by atoms with Gasteiger partial charge in [-0.25, -0.2) is 18.2 Å². The number of halogens is 3. The number of ether oxygens (including phenoxy) is 1. The van der Waals surface area contributed by atoms with Crippen LogP contribution in [-0.4, -0.2) is 36.2 Å². The Bertz CT molecular complexity index is 1490. The number of amides is 1. The summed E-state index contributed by atoms with van der Waals surface area (Å²) in [4.78, 5) is 32.1. The second-order valence-electron chi connectivity index (χ2n) is 13.3. The molecule has 2 N–H and O–H groups in total. The number of piperidine rings is 1. The van der Waals surface area contributed by atoms with Crippen LogP contribution in [0.4, 0.5) is 24.5 Å². The van der Waals surface area contributed by atoms with Crippen molar-refractivity contribution in [3.63, 3.8) is 0 Å². The molecule has 0 aromatic heterocycles. The third-order valence-corrected chi connectivity index (χ3v) is 10.5. The minimum atomic E-state index is -3.24. The van der Waals surface area contributed by atoms with Gasteiger partial charge in [-0.05, 0) is 116 Å². The first-order valence-electron chi connectivity index (χ1n) is 16.0. The molecule has 10 heteroatoms. The number of nitrogens with zero attached hydrogens (tertiary/aromatic N) is 2. The van der Waals surface area contributed by atoms with Crippen LogP contribution >= 0.6 is 0 Å². The van der Waals surface area contributed by atoms with E-state index in [2.05, 4.69) is 22.4 Å². The molecular weight excluding hydrogens is 581 g/mol. The molecular formula is C35H41F3N4O3. The van der Waals surface area contributed by atoms with E-state index in [-0.39, 0.29) is 41.9 Å². The summed E-state index contributed by atoms with van der Waals surface area (Å²) in [5.74, 6) is -2.76. The first-order chi connectivity index (χ1) is 21.6. The lowest BCUT2D eigenvalue weighted by molar-refractivity contribution is -0.146.